The number of ether oxygens (including phenoxy) is 1. The molecule has 0 aliphatic heterocycles. The van der Waals surface area contributed by atoms with Gasteiger partial charge in [-0.1, -0.05) is 0 Å². The van der Waals surface area contributed by atoms with Gasteiger partial charge in [0.15, 0.2) is 5.65 Å². The number of nitrogens with two attached hydrogens (primary N) is 1. The standard InChI is InChI=1S/C9H10N4O2/c1-5-11-4-7-12-3-6(9(14)15-2)8(10)13(5)7/h3-4H,10H2,1-2H3. The molecule has 0 bridgehead atoms. The van der Waals surface area contributed by atoms with E-state index in [0.29, 0.717) is 17.3 Å². The number of carbonyl (C=O) groups excluding carboxylic acids is 1. The average Bonchev–Trinajstić information content (AvgIpc) is 2.61. The van der Waals surface area contributed by atoms with Gasteiger partial charge in [0.25, 0.3) is 0 Å². The molecule has 0 radical (unpaired) electrons. The van der Waals surface area contributed by atoms with Crippen LogP contribution in [0.25, 0.3) is 5.65 Å². The molecule has 2 aromatic rings. The van der Waals surface area contributed by atoms with Crippen LogP contribution in [0.2, 0.25) is 0 Å². The third-order valence-electron chi connectivity index (χ3n) is 2.17. The van der Waals surface area contributed by atoms with Gasteiger partial charge in [0.05, 0.1) is 13.3 Å². The molecule has 0 saturated heterocycles. The fraction of sp³-hybridized carbons (Fsp3) is 0.222. The fourth-order valence-corrected chi connectivity index (χ4v) is 1.41. The molecule has 2 rings (SSSR count). The zero-order valence-corrected chi connectivity index (χ0v) is 8.39. The summed E-state index contributed by atoms with van der Waals surface area (Å²) in [5.41, 5.74) is 6.67. The second kappa shape index (κ2) is 3.23. The lowest BCUT2D eigenvalue weighted by Crippen LogP contribution is -2.11. The molecule has 0 atom stereocenters. The monoisotopic (exact) mass is 206 g/mol. The number of carbonyl (C=O) groups is 1. The smallest absolute Gasteiger partial charge is 0.343 e. The minimum Gasteiger partial charge on any atom is -0.465 e. The summed E-state index contributed by atoms with van der Waals surface area (Å²) in [6.07, 6.45) is 2.98. The zero-order chi connectivity index (χ0) is 11.0. The number of hydrogen-bond donors (Lipinski definition) is 1. The highest BCUT2D eigenvalue weighted by Crippen LogP contribution is 2.15. The van der Waals surface area contributed by atoms with Gasteiger partial charge in [-0.3, -0.25) is 4.40 Å². The van der Waals surface area contributed by atoms with E-state index in [1.165, 1.54) is 13.3 Å². The highest BCUT2D eigenvalue weighted by Gasteiger charge is 2.14. The number of rotatable bonds is 1. The van der Waals surface area contributed by atoms with Crippen molar-refractivity contribution in [2.24, 2.45) is 0 Å². The van der Waals surface area contributed by atoms with Gasteiger partial charge in [0, 0.05) is 6.20 Å². The summed E-state index contributed by atoms with van der Waals surface area (Å²) < 4.78 is 6.19. The first kappa shape index (κ1) is 9.45. The molecule has 0 fully saturated rings. The molecule has 0 aliphatic rings. The summed E-state index contributed by atoms with van der Waals surface area (Å²) in [5, 5.41) is 0. The Balaban J connectivity index is 2.74. The Morgan fingerprint density at radius 1 is 1.47 bits per heavy atom. The number of anilines is 1. The molecule has 78 valence electrons. The number of methoxy groups -OCH3 is 1. The Kier molecular flexibility index (Phi) is 2.03. The number of aromatic nitrogens is 3. The molecule has 6 nitrogen and oxygen atoms in total. The van der Waals surface area contributed by atoms with Gasteiger partial charge in [-0.2, -0.15) is 0 Å². The molecule has 2 aromatic heterocycles. The van der Waals surface area contributed by atoms with E-state index in [4.69, 9.17) is 5.73 Å². The first-order chi connectivity index (χ1) is 7.15. The van der Waals surface area contributed by atoms with Crippen molar-refractivity contribution >= 4 is 17.4 Å². The van der Waals surface area contributed by atoms with E-state index >= 15 is 0 Å². The van der Waals surface area contributed by atoms with E-state index in [2.05, 4.69) is 14.7 Å². The third-order valence-corrected chi connectivity index (χ3v) is 2.17. The van der Waals surface area contributed by atoms with Crippen molar-refractivity contribution in [3.8, 4) is 0 Å². The minimum absolute atomic E-state index is 0.242. The predicted molar refractivity (Wildman–Crippen MR) is 53.5 cm³/mol. The van der Waals surface area contributed by atoms with Gasteiger partial charge in [-0.15, -0.1) is 0 Å². The van der Waals surface area contributed by atoms with E-state index in [1.807, 2.05) is 0 Å². The molecule has 0 aliphatic carbocycles. The number of aryl methyl sites for hydroxylation is 1. The van der Waals surface area contributed by atoms with Crippen LogP contribution >= 0.6 is 0 Å². The zero-order valence-electron chi connectivity index (χ0n) is 8.39. The van der Waals surface area contributed by atoms with Gasteiger partial charge in [-0.25, -0.2) is 14.8 Å². The molecule has 0 saturated carbocycles. The van der Waals surface area contributed by atoms with Crippen molar-refractivity contribution in [1.29, 1.82) is 0 Å². The Labute approximate surface area is 85.7 Å². The van der Waals surface area contributed by atoms with Crippen LogP contribution in [0.15, 0.2) is 12.4 Å². The lowest BCUT2D eigenvalue weighted by molar-refractivity contribution is 0.0601. The molecule has 0 spiro atoms. The Morgan fingerprint density at radius 3 is 2.87 bits per heavy atom. The van der Waals surface area contributed by atoms with Gasteiger partial charge in [-0.05, 0) is 6.92 Å². The van der Waals surface area contributed by atoms with Crippen molar-refractivity contribution in [3.63, 3.8) is 0 Å². The quantitative estimate of drug-likeness (QED) is 0.683. The fourth-order valence-electron chi connectivity index (χ4n) is 1.41. The summed E-state index contributed by atoms with van der Waals surface area (Å²) >= 11 is 0. The van der Waals surface area contributed by atoms with Crippen molar-refractivity contribution in [2.45, 2.75) is 6.92 Å². The van der Waals surface area contributed by atoms with Crippen LogP contribution in [-0.4, -0.2) is 27.4 Å². The Bertz CT molecular complexity index is 532. The molecular weight excluding hydrogens is 196 g/mol. The molecule has 6 heteroatoms. The molecule has 2 N–H and O–H groups in total. The highest BCUT2D eigenvalue weighted by molar-refractivity contribution is 5.94. The van der Waals surface area contributed by atoms with Gasteiger partial charge in [0.2, 0.25) is 0 Å². The van der Waals surface area contributed by atoms with Crippen LogP contribution < -0.4 is 5.73 Å². The second-order valence-electron chi connectivity index (χ2n) is 3.05. The number of fused-ring (bicyclic) bond motifs is 1. The molecule has 0 amide bonds. The predicted octanol–water partition coefficient (Wildman–Crippen LogP) is 0.407. The maximum Gasteiger partial charge on any atom is 0.343 e. The lowest BCUT2D eigenvalue weighted by Gasteiger charge is -2.06. The van der Waals surface area contributed by atoms with Crippen molar-refractivity contribution in [3.05, 3.63) is 23.8 Å². The molecule has 0 aromatic carbocycles. The van der Waals surface area contributed by atoms with E-state index in [0.717, 1.165) is 0 Å². The summed E-state index contributed by atoms with van der Waals surface area (Å²) in [5.74, 6) is 0.470. The van der Waals surface area contributed by atoms with E-state index < -0.39 is 5.97 Å². The number of nitrogen functional groups attached to an aromatic ring is 1. The van der Waals surface area contributed by atoms with E-state index in [1.54, 1.807) is 17.5 Å². The topological polar surface area (TPSA) is 82.5 Å². The van der Waals surface area contributed by atoms with Crippen LogP contribution in [-0.2, 0) is 4.74 Å². The maximum atomic E-state index is 11.3. The highest BCUT2D eigenvalue weighted by atomic mass is 16.5. The normalized spacial score (nSPS) is 10.5. The van der Waals surface area contributed by atoms with Crippen LogP contribution in [0.3, 0.4) is 0 Å². The average molecular weight is 206 g/mol. The maximum absolute atomic E-state index is 11.3. The second-order valence-corrected chi connectivity index (χ2v) is 3.05. The van der Waals surface area contributed by atoms with Crippen LogP contribution in [0.5, 0.6) is 0 Å². The summed E-state index contributed by atoms with van der Waals surface area (Å²) in [6, 6.07) is 0. The van der Waals surface area contributed by atoms with Crippen LogP contribution in [0, 0.1) is 6.92 Å². The van der Waals surface area contributed by atoms with E-state index in [9.17, 15) is 4.79 Å². The lowest BCUT2D eigenvalue weighted by atomic mass is 10.3. The number of esters is 1. The molecular formula is C9H10N4O2. The first-order valence-electron chi connectivity index (χ1n) is 4.32. The molecule has 0 unspecified atom stereocenters. The van der Waals surface area contributed by atoms with Gasteiger partial charge >= 0.3 is 5.97 Å². The van der Waals surface area contributed by atoms with Gasteiger partial charge in [0.1, 0.15) is 17.2 Å². The first-order valence-corrected chi connectivity index (χ1v) is 4.32. The summed E-state index contributed by atoms with van der Waals surface area (Å²) in [4.78, 5) is 19.4. The van der Waals surface area contributed by atoms with Crippen molar-refractivity contribution < 1.29 is 9.53 Å². The SMILES string of the molecule is COC(=O)c1cnc2cnc(C)n2c1N. The number of nitrogens with zero attached hydrogens (tertiary/aromatic N) is 3. The summed E-state index contributed by atoms with van der Waals surface area (Å²) in [6.45, 7) is 1.78. The van der Waals surface area contributed by atoms with Crippen molar-refractivity contribution in [1.82, 2.24) is 14.4 Å². The van der Waals surface area contributed by atoms with Crippen LogP contribution in [0.4, 0.5) is 5.82 Å². The largest absolute Gasteiger partial charge is 0.465 e. The summed E-state index contributed by atoms with van der Waals surface area (Å²) in [7, 11) is 1.30. The van der Waals surface area contributed by atoms with Crippen LogP contribution in [0.1, 0.15) is 16.2 Å². The van der Waals surface area contributed by atoms with Crippen molar-refractivity contribution in [2.75, 3.05) is 12.8 Å². The number of imidazole rings is 1. The Hall–Kier alpha value is -2.11. The minimum atomic E-state index is -0.505. The number of hydrogen-bond acceptors (Lipinski definition) is 5. The molecule has 2 heterocycles. The third kappa shape index (κ3) is 1.30. The van der Waals surface area contributed by atoms with E-state index in [-0.39, 0.29) is 5.56 Å². The molecule has 15 heavy (non-hydrogen) atoms. The van der Waals surface area contributed by atoms with Gasteiger partial charge < -0.3 is 10.5 Å². The Morgan fingerprint density at radius 2 is 2.20 bits per heavy atom.